The van der Waals surface area contributed by atoms with Gasteiger partial charge in [0, 0.05) is 10.8 Å². The van der Waals surface area contributed by atoms with E-state index in [2.05, 4.69) is 5.32 Å². The molecule has 1 heterocycles. The van der Waals surface area contributed by atoms with Gasteiger partial charge in [-0.25, -0.2) is 9.48 Å². The molecule has 8 rings (SSSR count). The van der Waals surface area contributed by atoms with Gasteiger partial charge in [-0.15, -0.1) is 0 Å². The summed E-state index contributed by atoms with van der Waals surface area (Å²) in [5.74, 6) is 0.175. The molecule has 4 aliphatic rings. The van der Waals surface area contributed by atoms with E-state index in [1.165, 1.54) is 0 Å². The van der Waals surface area contributed by atoms with Crippen molar-refractivity contribution in [1.29, 1.82) is 0 Å². The molecule has 4 aromatic rings. The minimum atomic E-state index is -1.33. The highest BCUT2D eigenvalue weighted by Crippen LogP contribution is 2.58. The van der Waals surface area contributed by atoms with Crippen LogP contribution in [0.25, 0.3) is 27.7 Å². The van der Waals surface area contributed by atoms with E-state index >= 15 is 0 Å². The highest BCUT2D eigenvalue weighted by atomic mass is 16.5. The minimum Gasteiger partial charge on any atom is -0.496 e. The number of nitrogens with one attached hydrogen (secondary N) is 1. The van der Waals surface area contributed by atoms with Crippen LogP contribution in [0.15, 0.2) is 60.7 Å². The van der Waals surface area contributed by atoms with Crippen molar-refractivity contribution in [2.75, 3.05) is 20.8 Å². The molecule has 0 spiro atoms. The lowest BCUT2D eigenvalue weighted by atomic mass is 9.48. The van der Waals surface area contributed by atoms with Crippen LogP contribution in [0, 0.1) is 23.7 Å². The molecule has 4 N–H and O–H groups in total. The number of fused-ring (bicyclic) bond motifs is 1. The largest absolute Gasteiger partial charge is 0.496 e. The topological polar surface area (TPSA) is 155 Å². The van der Waals surface area contributed by atoms with Gasteiger partial charge in [-0.05, 0) is 86.1 Å². The Morgan fingerprint density at radius 3 is 2.11 bits per heavy atom. The fourth-order valence-electron chi connectivity index (χ4n) is 8.46. The van der Waals surface area contributed by atoms with Crippen LogP contribution in [0.2, 0.25) is 0 Å². The third-order valence-electron chi connectivity index (χ3n) is 10.2. The number of methoxy groups -OCH3 is 2. The number of aliphatic carboxylic acids is 1. The normalized spacial score (nSPS) is 24.5. The first kappa shape index (κ1) is 29.6. The van der Waals surface area contributed by atoms with Gasteiger partial charge in [0.1, 0.15) is 22.8 Å². The number of carboxylic acid groups (broad SMARTS) is 1. The molecule has 0 unspecified atom stereocenters. The molecule has 4 aliphatic carbocycles. The van der Waals surface area contributed by atoms with Crippen LogP contribution in [-0.4, -0.2) is 59.0 Å². The number of nitrogens with two attached hydrogens (primary N) is 1. The fourth-order valence-corrected chi connectivity index (χ4v) is 8.46. The quantitative estimate of drug-likeness (QED) is 0.232. The van der Waals surface area contributed by atoms with Crippen molar-refractivity contribution in [2.24, 2.45) is 29.4 Å². The molecule has 238 valence electrons. The number of carboxylic acids is 1. The maximum absolute atomic E-state index is 14.2. The van der Waals surface area contributed by atoms with Gasteiger partial charge < -0.3 is 30.4 Å². The summed E-state index contributed by atoms with van der Waals surface area (Å²) in [5.41, 5.74) is 5.76. The maximum atomic E-state index is 14.2. The van der Waals surface area contributed by atoms with Crippen molar-refractivity contribution in [3.05, 3.63) is 66.4 Å². The zero-order valence-electron chi connectivity index (χ0n) is 25.7. The van der Waals surface area contributed by atoms with Gasteiger partial charge in [0.25, 0.3) is 11.8 Å². The lowest BCUT2D eigenvalue weighted by Gasteiger charge is -2.59. The Hall–Kier alpha value is -5.06. The Kier molecular flexibility index (Phi) is 7.33. The Balaban J connectivity index is 1.37. The smallest absolute Gasteiger partial charge is 0.330 e. The summed E-state index contributed by atoms with van der Waals surface area (Å²) in [7, 11) is 3.10. The minimum absolute atomic E-state index is 0.0653. The third-order valence-corrected chi connectivity index (χ3v) is 10.2. The molecule has 11 heteroatoms. The molecule has 46 heavy (non-hydrogen) atoms. The van der Waals surface area contributed by atoms with Gasteiger partial charge >= 0.3 is 5.97 Å². The van der Waals surface area contributed by atoms with Crippen LogP contribution in [0.5, 0.6) is 17.2 Å². The van der Waals surface area contributed by atoms with Crippen LogP contribution in [0.3, 0.4) is 0 Å². The van der Waals surface area contributed by atoms with E-state index in [4.69, 9.17) is 25.0 Å². The number of primary amides is 1. The van der Waals surface area contributed by atoms with E-state index in [0.29, 0.717) is 51.4 Å². The van der Waals surface area contributed by atoms with Crippen LogP contribution in [0.4, 0.5) is 0 Å². The van der Waals surface area contributed by atoms with Gasteiger partial charge in [0.15, 0.2) is 12.3 Å². The van der Waals surface area contributed by atoms with Crippen LogP contribution < -0.4 is 25.3 Å². The van der Waals surface area contributed by atoms with E-state index in [1.54, 1.807) is 55.3 Å². The number of amides is 2. The Morgan fingerprint density at radius 2 is 1.52 bits per heavy atom. The number of hydrogen-bond acceptors (Lipinski definition) is 7. The maximum Gasteiger partial charge on any atom is 0.330 e. The molecular formula is C35H36N4O7. The van der Waals surface area contributed by atoms with Crippen LogP contribution in [-0.2, 0) is 9.59 Å². The molecular weight excluding hydrogens is 588 g/mol. The lowest BCUT2D eigenvalue weighted by molar-refractivity contribution is -0.163. The van der Waals surface area contributed by atoms with Gasteiger partial charge in [0.05, 0.1) is 31.2 Å². The zero-order chi connectivity index (χ0) is 32.2. The van der Waals surface area contributed by atoms with Crippen molar-refractivity contribution >= 4 is 28.6 Å². The molecule has 4 fully saturated rings. The SMILES string of the molecule is COc1cccc(OC)c1-c1cc(C(=O)NC2(C(=O)O)C3CC4CC(C3)CC2C4)nn1-c1ccc(OCC(N)=O)c2ccccc12. The molecule has 0 saturated heterocycles. The summed E-state index contributed by atoms with van der Waals surface area (Å²) >= 11 is 0. The van der Waals surface area contributed by atoms with Crippen molar-refractivity contribution < 1.29 is 33.7 Å². The van der Waals surface area contributed by atoms with Crippen molar-refractivity contribution in [3.63, 3.8) is 0 Å². The van der Waals surface area contributed by atoms with Gasteiger partial charge in [-0.2, -0.15) is 5.10 Å². The molecule has 4 bridgehead atoms. The van der Waals surface area contributed by atoms with Crippen molar-refractivity contribution in [1.82, 2.24) is 15.1 Å². The predicted molar refractivity (Wildman–Crippen MR) is 169 cm³/mol. The van der Waals surface area contributed by atoms with E-state index in [1.807, 2.05) is 24.3 Å². The summed E-state index contributed by atoms with van der Waals surface area (Å²) in [6, 6.07) is 18.0. The van der Waals surface area contributed by atoms with Gasteiger partial charge in [-0.3, -0.25) is 9.59 Å². The number of aromatic nitrogens is 2. The number of rotatable bonds is 10. The molecule has 1 aromatic heterocycles. The van der Waals surface area contributed by atoms with Crippen molar-refractivity contribution in [2.45, 2.75) is 37.6 Å². The van der Waals surface area contributed by atoms with E-state index < -0.39 is 23.3 Å². The van der Waals surface area contributed by atoms with E-state index in [0.717, 1.165) is 37.5 Å². The third kappa shape index (κ3) is 4.72. The lowest BCUT2D eigenvalue weighted by Crippen LogP contribution is -2.70. The first-order chi connectivity index (χ1) is 22.2. The summed E-state index contributed by atoms with van der Waals surface area (Å²) in [5, 5.41) is 19.9. The summed E-state index contributed by atoms with van der Waals surface area (Å²) in [6.45, 7) is -0.284. The summed E-state index contributed by atoms with van der Waals surface area (Å²) in [6.07, 6.45) is 4.41. The second kappa shape index (κ2) is 11.4. The second-order valence-electron chi connectivity index (χ2n) is 12.7. The highest BCUT2D eigenvalue weighted by molar-refractivity contribution is 5.99. The van der Waals surface area contributed by atoms with Crippen LogP contribution in [0.1, 0.15) is 42.6 Å². The number of carbonyl (C=O) groups excluding carboxylic acids is 2. The zero-order valence-corrected chi connectivity index (χ0v) is 25.7. The average Bonchev–Trinajstić information content (AvgIpc) is 3.49. The molecule has 0 atom stereocenters. The Labute approximate surface area is 265 Å². The summed E-state index contributed by atoms with van der Waals surface area (Å²) < 4.78 is 18.8. The first-order valence-electron chi connectivity index (χ1n) is 15.5. The van der Waals surface area contributed by atoms with Gasteiger partial charge in [-0.1, -0.05) is 30.3 Å². The summed E-state index contributed by atoms with van der Waals surface area (Å²) in [4.78, 5) is 38.7. The van der Waals surface area contributed by atoms with E-state index in [-0.39, 0.29) is 24.1 Å². The molecule has 4 saturated carbocycles. The molecule has 3 aromatic carbocycles. The van der Waals surface area contributed by atoms with E-state index in [9.17, 15) is 19.5 Å². The van der Waals surface area contributed by atoms with Crippen LogP contribution >= 0.6 is 0 Å². The number of hydrogen-bond donors (Lipinski definition) is 3. The average molecular weight is 625 g/mol. The number of benzene rings is 3. The Bertz CT molecular complexity index is 1810. The molecule has 0 radical (unpaired) electrons. The van der Waals surface area contributed by atoms with Gasteiger partial charge in [0.2, 0.25) is 0 Å². The molecule has 11 nitrogen and oxygen atoms in total. The molecule has 2 amide bonds. The molecule has 0 aliphatic heterocycles. The fraction of sp³-hybridized carbons (Fsp3) is 0.371. The second-order valence-corrected chi connectivity index (χ2v) is 12.7. The highest BCUT2D eigenvalue weighted by Gasteiger charge is 2.62. The number of ether oxygens (including phenoxy) is 3. The van der Waals surface area contributed by atoms with Crippen molar-refractivity contribution in [3.8, 4) is 34.2 Å². The number of nitrogens with zero attached hydrogens (tertiary/aromatic N) is 2. The Morgan fingerprint density at radius 1 is 0.891 bits per heavy atom. The predicted octanol–water partition coefficient (Wildman–Crippen LogP) is 4.58. The monoisotopic (exact) mass is 624 g/mol. The first-order valence-corrected chi connectivity index (χ1v) is 15.5. The number of carbonyl (C=O) groups is 3. The standard InChI is InChI=1S/C35H36N4O7/c1-44-29-8-5-9-30(45-2)32(29)27-17-25(33(41)37-35(34(42)43)21-13-19-12-20(15-21)16-22(35)14-19)38-39(27)26-10-11-28(46-18-31(36)40)24-7-4-3-6-23(24)26/h3-11,17,19-22H,12-16,18H2,1-2H3,(H2,36,40)(H,37,41)(H,42,43).